The summed E-state index contributed by atoms with van der Waals surface area (Å²) in [4.78, 5) is 33.6. The number of carbonyl (C=O) groups excluding carboxylic acids is 2. The standard InChI is InChI=1S/C42H85N5O4/c1-5-9-13-15-23-39(21-11-7-3)41(48)50-37-19-17-28-45(31-34-47-35-32-46(33-36-47)30-27-44-26-25-43)29-18-20-38-51-42(49)40(22-12-8-4)24-16-14-10-6-2/h39-40,44H,5-38,43H2,1-4H3. The summed E-state index contributed by atoms with van der Waals surface area (Å²) in [6, 6.07) is 0. The van der Waals surface area contributed by atoms with Crippen LogP contribution in [0.2, 0.25) is 0 Å². The van der Waals surface area contributed by atoms with Gasteiger partial charge in [0.05, 0.1) is 25.0 Å². The molecule has 302 valence electrons. The molecule has 51 heavy (non-hydrogen) atoms. The number of hydrogen-bond acceptors (Lipinski definition) is 9. The Balaban J connectivity index is 2.54. The first kappa shape index (κ1) is 47.8. The molecule has 1 aliphatic heterocycles. The lowest BCUT2D eigenvalue weighted by atomic mass is 9.95. The monoisotopic (exact) mass is 724 g/mol. The molecule has 0 bridgehead atoms. The molecule has 1 rings (SSSR count). The number of nitrogens with zero attached hydrogens (tertiary/aromatic N) is 3. The lowest BCUT2D eigenvalue weighted by Gasteiger charge is -2.36. The van der Waals surface area contributed by atoms with Gasteiger partial charge in [-0.3, -0.25) is 19.4 Å². The van der Waals surface area contributed by atoms with E-state index in [1.54, 1.807) is 0 Å². The predicted molar refractivity (Wildman–Crippen MR) is 215 cm³/mol. The zero-order valence-electron chi connectivity index (χ0n) is 34.2. The van der Waals surface area contributed by atoms with Gasteiger partial charge >= 0.3 is 11.9 Å². The molecule has 2 unspecified atom stereocenters. The van der Waals surface area contributed by atoms with Crippen LogP contribution in [0.3, 0.4) is 0 Å². The van der Waals surface area contributed by atoms with Gasteiger partial charge in [0.1, 0.15) is 0 Å². The van der Waals surface area contributed by atoms with Crippen LogP contribution in [0.25, 0.3) is 0 Å². The Bertz CT molecular complexity index is 749. The fraction of sp³-hybridized carbons (Fsp3) is 0.952. The Morgan fingerprint density at radius 3 is 1.47 bits per heavy atom. The van der Waals surface area contributed by atoms with E-state index in [0.29, 0.717) is 19.8 Å². The van der Waals surface area contributed by atoms with Crippen molar-refractivity contribution in [2.24, 2.45) is 17.6 Å². The number of nitrogens with two attached hydrogens (primary N) is 1. The lowest BCUT2D eigenvalue weighted by molar-refractivity contribution is -0.150. The maximum atomic E-state index is 12.9. The number of rotatable bonds is 36. The fourth-order valence-corrected chi connectivity index (χ4v) is 7.07. The Hall–Kier alpha value is -1.26. The molecule has 0 radical (unpaired) electrons. The maximum Gasteiger partial charge on any atom is 0.308 e. The van der Waals surface area contributed by atoms with Crippen LogP contribution in [0.15, 0.2) is 0 Å². The summed E-state index contributed by atoms with van der Waals surface area (Å²) in [7, 11) is 0. The average molecular weight is 724 g/mol. The van der Waals surface area contributed by atoms with E-state index >= 15 is 0 Å². The SMILES string of the molecule is CCCCCCC(CCCC)C(=O)OCCCCN(CCCCOC(=O)C(CCCC)CCCCCC)CCN1CCN(CCNCCN)CC1. The molecule has 2 atom stereocenters. The molecule has 1 heterocycles. The summed E-state index contributed by atoms with van der Waals surface area (Å²) in [5.41, 5.74) is 5.61. The van der Waals surface area contributed by atoms with Gasteiger partial charge in [0.25, 0.3) is 0 Å². The number of ether oxygens (including phenoxy) is 2. The van der Waals surface area contributed by atoms with Gasteiger partial charge in [0.2, 0.25) is 0 Å². The molecule has 0 aromatic carbocycles. The predicted octanol–water partition coefficient (Wildman–Crippen LogP) is 7.65. The van der Waals surface area contributed by atoms with Gasteiger partial charge in [0, 0.05) is 65.4 Å². The number of nitrogens with one attached hydrogen (secondary N) is 1. The van der Waals surface area contributed by atoms with Crippen LogP contribution < -0.4 is 11.1 Å². The molecule has 0 amide bonds. The number of unbranched alkanes of at least 4 members (excludes halogenated alkanes) is 10. The van der Waals surface area contributed by atoms with Crippen molar-refractivity contribution in [1.82, 2.24) is 20.0 Å². The van der Waals surface area contributed by atoms with Gasteiger partial charge in [-0.25, -0.2) is 0 Å². The highest BCUT2D eigenvalue weighted by Crippen LogP contribution is 2.20. The Morgan fingerprint density at radius 1 is 0.569 bits per heavy atom. The minimum Gasteiger partial charge on any atom is -0.465 e. The maximum absolute atomic E-state index is 12.9. The third-order valence-corrected chi connectivity index (χ3v) is 10.6. The Morgan fingerprint density at radius 2 is 1.02 bits per heavy atom. The van der Waals surface area contributed by atoms with Gasteiger partial charge in [-0.1, -0.05) is 105 Å². The third kappa shape index (κ3) is 26.2. The summed E-state index contributed by atoms with van der Waals surface area (Å²) in [6.45, 7) is 22.2. The normalized spacial score (nSPS) is 15.3. The van der Waals surface area contributed by atoms with Crippen molar-refractivity contribution >= 4 is 11.9 Å². The van der Waals surface area contributed by atoms with Crippen molar-refractivity contribution < 1.29 is 19.1 Å². The second kappa shape index (κ2) is 34.5. The summed E-state index contributed by atoms with van der Waals surface area (Å²) in [5, 5.41) is 3.41. The molecular formula is C42H85N5O4. The van der Waals surface area contributed by atoms with Gasteiger partial charge in [-0.2, -0.15) is 0 Å². The molecule has 1 fully saturated rings. The highest BCUT2D eigenvalue weighted by Gasteiger charge is 2.21. The Kier molecular flexibility index (Phi) is 32.3. The van der Waals surface area contributed by atoms with Crippen molar-refractivity contribution in [2.45, 2.75) is 156 Å². The molecule has 9 heteroatoms. The van der Waals surface area contributed by atoms with E-state index in [9.17, 15) is 9.59 Å². The van der Waals surface area contributed by atoms with Gasteiger partial charge in [-0.05, 0) is 64.5 Å². The van der Waals surface area contributed by atoms with Gasteiger partial charge in [0.15, 0.2) is 0 Å². The molecule has 0 spiro atoms. The first-order valence-electron chi connectivity index (χ1n) is 21.9. The summed E-state index contributed by atoms with van der Waals surface area (Å²) in [6.07, 6.45) is 21.8. The van der Waals surface area contributed by atoms with Crippen molar-refractivity contribution in [2.75, 3.05) is 91.8 Å². The fourth-order valence-electron chi connectivity index (χ4n) is 7.07. The molecular weight excluding hydrogens is 638 g/mol. The second-order valence-electron chi connectivity index (χ2n) is 15.2. The molecule has 0 aromatic heterocycles. The van der Waals surface area contributed by atoms with E-state index in [1.165, 1.54) is 38.5 Å². The highest BCUT2D eigenvalue weighted by atomic mass is 16.5. The third-order valence-electron chi connectivity index (χ3n) is 10.6. The van der Waals surface area contributed by atoms with Crippen LogP contribution in [0.5, 0.6) is 0 Å². The highest BCUT2D eigenvalue weighted by molar-refractivity contribution is 5.72. The first-order valence-corrected chi connectivity index (χ1v) is 21.9. The molecule has 0 saturated carbocycles. The Labute approximate surface area is 315 Å². The quantitative estimate of drug-likeness (QED) is 0.0499. The van der Waals surface area contributed by atoms with E-state index < -0.39 is 0 Å². The smallest absolute Gasteiger partial charge is 0.308 e. The lowest BCUT2D eigenvalue weighted by Crippen LogP contribution is -2.50. The number of carbonyl (C=O) groups is 2. The molecule has 0 aliphatic carbocycles. The number of esters is 2. The van der Waals surface area contributed by atoms with E-state index in [0.717, 1.165) is 162 Å². The van der Waals surface area contributed by atoms with E-state index in [4.69, 9.17) is 15.2 Å². The molecule has 1 aliphatic rings. The molecule has 1 saturated heterocycles. The minimum atomic E-state index is 0.0264. The van der Waals surface area contributed by atoms with Crippen LogP contribution in [-0.2, 0) is 19.1 Å². The largest absolute Gasteiger partial charge is 0.465 e. The summed E-state index contributed by atoms with van der Waals surface area (Å²) >= 11 is 0. The first-order chi connectivity index (χ1) is 25.0. The summed E-state index contributed by atoms with van der Waals surface area (Å²) in [5.74, 6) is 0.188. The van der Waals surface area contributed by atoms with Crippen LogP contribution in [0.1, 0.15) is 156 Å². The van der Waals surface area contributed by atoms with E-state index in [2.05, 4.69) is 47.7 Å². The van der Waals surface area contributed by atoms with E-state index in [-0.39, 0.29) is 23.8 Å². The molecule has 9 nitrogen and oxygen atoms in total. The zero-order valence-corrected chi connectivity index (χ0v) is 34.2. The zero-order chi connectivity index (χ0) is 37.2. The molecule has 0 aromatic rings. The van der Waals surface area contributed by atoms with Crippen molar-refractivity contribution in [1.29, 1.82) is 0 Å². The number of hydrogen-bond donors (Lipinski definition) is 2. The minimum absolute atomic E-state index is 0.0264. The van der Waals surface area contributed by atoms with Crippen LogP contribution in [0, 0.1) is 11.8 Å². The molecule has 3 N–H and O–H groups in total. The van der Waals surface area contributed by atoms with Crippen molar-refractivity contribution in [3.05, 3.63) is 0 Å². The van der Waals surface area contributed by atoms with Crippen LogP contribution in [-0.4, -0.2) is 118 Å². The van der Waals surface area contributed by atoms with Crippen LogP contribution >= 0.6 is 0 Å². The van der Waals surface area contributed by atoms with Crippen molar-refractivity contribution in [3.8, 4) is 0 Å². The van der Waals surface area contributed by atoms with Crippen molar-refractivity contribution in [3.63, 3.8) is 0 Å². The van der Waals surface area contributed by atoms with Gasteiger partial charge < -0.3 is 25.4 Å². The van der Waals surface area contributed by atoms with E-state index in [1.807, 2.05) is 0 Å². The second-order valence-corrected chi connectivity index (χ2v) is 15.2. The summed E-state index contributed by atoms with van der Waals surface area (Å²) < 4.78 is 11.7. The number of piperazine rings is 1. The average Bonchev–Trinajstić information content (AvgIpc) is 3.14. The van der Waals surface area contributed by atoms with Gasteiger partial charge in [-0.15, -0.1) is 0 Å². The van der Waals surface area contributed by atoms with Crippen LogP contribution in [0.4, 0.5) is 0 Å². The topological polar surface area (TPSA) is 100 Å².